The van der Waals surface area contributed by atoms with Gasteiger partial charge in [0.2, 0.25) is 0 Å². The number of anilines is 1. The molecule has 21 heavy (non-hydrogen) atoms. The van der Waals surface area contributed by atoms with E-state index in [2.05, 4.69) is 24.5 Å². The fraction of sp³-hybridized carbons (Fsp3) is 0.533. The summed E-state index contributed by atoms with van der Waals surface area (Å²) in [6.07, 6.45) is 4.79. The zero-order chi connectivity index (χ0) is 15.7. The van der Waals surface area contributed by atoms with Crippen molar-refractivity contribution in [2.24, 2.45) is 5.92 Å². The molecule has 0 aromatic heterocycles. The summed E-state index contributed by atoms with van der Waals surface area (Å²) in [5.41, 5.74) is 0.824. The van der Waals surface area contributed by atoms with Gasteiger partial charge in [-0.1, -0.05) is 33.1 Å². The van der Waals surface area contributed by atoms with Gasteiger partial charge in [0.05, 0.1) is 4.92 Å². The summed E-state index contributed by atoms with van der Waals surface area (Å²) in [6.45, 7) is 5.24. The van der Waals surface area contributed by atoms with E-state index in [-0.39, 0.29) is 5.69 Å². The van der Waals surface area contributed by atoms with E-state index in [9.17, 15) is 10.1 Å². The number of thiocarbonyl (C=S) groups is 1. The molecule has 1 aromatic rings. The minimum atomic E-state index is -0.417. The first-order valence-corrected chi connectivity index (χ1v) is 7.77. The Hall–Kier alpha value is -1.69. The fourth-order valence-corrected chi connectivity index (χ4v) is 2.22. The minimum Gasteiger partial charge on any atom is -0.362 e. The minimum absolute atomic E-state index is 0.0741. The van der Waals surface area contributed by atoms with Crippen molar-refractivity contribution in [3.63, 3.8) is 0 Å². The van der Waals surface area contributed by atoms with E-state index < -0.39 is 4.92 Å². The first kappa shape index (κ1) is 17.4. The maximum atomic E-state index is 10.6. The molecular formula is C15H23N3O2S. The highest BCUT2D eigenvalue weighted by Crippen LogP contribution is 2.15. The van der Waals surface area contributed by atoms with Gasteiger partial charge in [0.25, 0.3) is 5.69 Å². The molecule has 0 spiro atoms. The van der Waals surface area contributed by atoms with Crippen molar-refractivity contribution in [3.8, 4) is 0 Å². The Labute approximate surface area is 131 Å². The number of nitrogens with one attached hydrogen (secondary N) is 2. The summed E-state index contributed by atoms with van der Waals surface area (Å²) in [7, 11) is 0. The van der Waals surface area contributed by atoms with Crippen LogP contribution in [0.25, 0.3) is 0 Å². The van der Waals surface area contributed by atoms with Gasteiger partial charge in [0, 0.05) is 24.4 Å². The number of non-ortho nitro benzene ring substituents is 1. The van der Waals surface area contributed by atoms with Crippen LogP contribution in [0.15, 0.2) is 24.3 Å². The molecule has 0 aliphatic rings. The lowest BCUT2D eigenvalue weighted by molar-refractivity contribution is -0.384. The molecule has 0 bridgehead atoms. The number of unbranched alkanes of at least 4 members (excludes halogenated alkanes) is 1. The highest BCUT2D eigenvalue weighted by Gasteiger charge is 2.07. The number of hydrogen-bond donors (Lipinski definition) is 2. The van der Waals surface area contributed by atoms with Crippen molar-refractivity contribution in [3.05, 3.63) is 34.4 Å². The van der Waals surface area contributed by atoms with Crippen LogP contribution in [0.2, 0.25) is 0 Å². The monoisotopic (exact) mass is 309 g/mol. The molecule has 0 saturated heterocycles. The predicted octanol–water partition coefficient (Wildman–Crippen LogP) is 4.10. The molecule has 1 unspecified atom stereocenters. The molecular weight excluding hydrogens is 286 g/mol. The highest BCUT2D eigenvalue weighted by molar-refractivity contribution is 7.80. The van der Waals surface area contributed by atoms with Crippen LogP contribution in [-0.4, -0.2) is 16.6 Å². The van der Waals surface area contributed by atoms with Gasteiger partial charge in [-0.05, 0) is 36.7 Å². The zero-order valence-corrected chi connectivity index (χ0v) is 13.4. The van der Waals surface area contributed by atoms with Gasteiger partial charge < -0.3 is 10.6 Å². The van der Waals surface area contributed by atoms with Crippen LogP contribution in [0.1, 0.15) is 39.5 Å². The van der Waals surface area contributed by atoms with Crippen molar-refractivity contribution in [2.75, 3.05) is 11.9 Å². The number of benzene rings is 1. The van der Waals surface area contributed by atoms with E-state index in [1.165, 1.54) is 31.4 Å². The van der Waals surface area contributed by atoms with Crippen molar-refractivity contribution >= 4 is 28.7 Å². The predicted molar refractivity (Wildman–Crippen MR) is 90.6 cm³/mol. The quantitative estimate of drug-likeness (QED) is 0.430. The van der Waals surface area contributed by atoms with Crippen LogP contribution in [0.5, 0.6) is 0 Å². The van der Waals surface area contributed by atoms with Crippen LogP contribution < -0.4 is 10.6 Å². The average Bonchev–Trinajstić information content (AvgIpc) is 2.48. The molecule has 0 saturated carbocycles. The molecule has 0 radical (unpaired) electrons. The highest BCUT2D eigenvalue weighted by atomic mass is 32.1. The normalized spacial score (nSPS) is 11.7. The third-order valence-electron chi connectivity index (χ3n) is 3.43. The molecule has 1 aromatic carbocycles. The standard InChI is InChI=1S/C15H23N3O2S/c1-3-5-6-12(4-2)11-16-15(21)17-13-7-9-14(10-8-13)18(19)20/h7-10,12H,3-6,11H2,1-2H3,(H2,16,17,21). The topological polar surface area (TPSA) is 67.2 Å². The summed E-state index contributed by atoms with van der Waals surface area (Å²) in [5, 5.41) is 17.4. The third kappa shape index (κ3) is 6.53. The van der Waals surface area contributed by atoms with Gasteiger partial charge in [-0.2, -0.15) is 0 Å². The first-order chi connectivity index (χ1) is 10.1. The number of rotatable bonds is 8. The summed E-state index contributed by atoms with van der Waals surface area (Å²) in [4.78, 5) is 10.2. The van der Waals surface area contributed by atoms with E-state index in [0.717, 1.165) is 18.7 Å². The third-order valence-corrected chi connectivity index (χ3v) is 3.68. The van der Waals surface area contributed by atoms with Gasteiger partial charge >= 0.3 is 0 Å². The summed E-state index contributed by atoms with van der Waals surface area (Å²) < 4.78 is 0. The molecule has 0 amide bonds. The fourth-order valence-electron chi connectivity index (χ4n) is 2.02. The number of nitro groups is 1. The van der Waals surface area contributed by atoms with E-state index in [4.69, 9.17) is 12.2 Å². The molecule has 116 valence electrons. The maximum Gasteiger partial charge on any atom is 0.269 e. The van der Waals surface area contributed by atoms with E-state index in [0.29, 0.717) is 11.0 Å². The molecule has 5 nitrogen and oxygen atoms in total. The molecule has 0 aliphatic carbocycles. The number of nitrogens with zero attached hydrogens (tertiary/aromatic N) is 1. The molecule has 2 N–H and O–H groups in total. The Kier molecular flexibility index (Phi) is 7.68. The van der Waals surface area contributed by atoms with Crippen LogP contribution >= 0.6 is 12.2 Å². The Morgan fingerprint density at radius 3 is 2.52 bits per heavy atom. The van der Waals surface area contributed by atoms with Crippen LogP contribution in [0, 0.1) is 16.0 Å². The zero-order valence-electron chi connectivity index (χ0n) is 12.6. The second-order valence-corrected chi connectivity index (χ2v) is 5.46. The lowest BCUT2D eigenvalue weighted by Gasteiger charge is -2.17. The van der Waals surface area contributed by atoms with Crippen molar-refractivity contribution in [1.29, 1.82) is 0 Å². The lowest BCUT2D eigenvalue weighted by Crippen LogP contribution is -2.32. The summed E-state index contributed by atoms with van der Waals surface area (Å²) in [6, 6.07) is 6.23. The molecule has 0 aliphatic heterocycles. The van der Waals surface area contributed by atoms with Gasteiger partial charge in [0.1, 0.15) is 0 Å². The van der Waals surface area contributed by atoms with Gasteiger partial charge in [-0.15, -0.1) is 0 Å². The lowest BCUT2D eigenvalue weighted by atomic mass is 9.99. The van der Waals surface area contributed by atoms with E-state index in [1.807, 2.05) is 0 Å². The second kappa shape index (κ2) is 9.28. The van der Waals surface area contributed by atoms with Crippen molar-refractivity contribution < 1.29 is 4.92 Å². The number of hydrogen-bond acceptors (Lipinski definition) is 3. The van der Waals surface area contributed by atoms with E-state index in [1.54, 1.807) is 12.1 Å². The van der Waals surface area contributed by atoms with Gasteiger partial charge in [-0.3, -0.25) is 10.1 Å². The molecule has 6 heteroatoms. The van der Waals surface area contributed by atoms with Gasteiger partial charge in [0.15, 0.2) is 5.11 Å². The SMILES string of the molecule is CCCCC(CC)CNC(=S)Nc1ccc([N+](=O)[O-])cc1. The Morgan fingerprint density at radius 1 is 1.33 bits per heavy atom. The van der Waals surface area contributed by atoms with Crippen molar-refractivity contribution in [1.82, 2.24) is 5.32 Å². The van der Waals surface area contributed by atoms with Crippen LogP contribution in [-0.2, 0) is 0 Å². The van der Waals surface area contributed by atoms with Gasteiger partial charge in [-0.25, -0.2) is 0 Å². The number of nitro benzene ring substituents is 1. The molecule has 1 atom stereocenters. The maximum absolute atomic E-state index is 10.6. The first-order valence-electron chi connectivity index (χ1n) is 7.36. The molecule has 0 fully saturated rings. The molecule has 1 rings (SSSR count). The summed E-state index contributed by atoms with van der Waals surface area (Å²) >= 11 is 5.24. The Morgan fingerprint density at radius 2 is 2.00 bits per heavy atom. The van der Waals surface area contributed by atoms with E-state index >= 15 is 0 Å². The largest absolute Gasteiger partial charge is 0.362 e. The average molecular weight is 309 g/mol. The smallest absolute Gasteiger partial charge is 0.269 e. The Bertz CT molecular complexity index is 462. The van der Waals surface area contributed by atoms with Crippen LogP contribution in [0.3, 0.4) is 0 Å². The van der Waals surface area contributed by atoms with Crippen molar-refractivity contribution in [2.45, 2.75) is 39.5 Å². The second-order valence-electron chi connectivity index (χ2n) is 5.06. The molecule has 0 heterocycles. The Balaban J connectivity index is 2.40. The van der Waals surface area contributed by atoms with Crippen LogP contribution in [0.4, 0.5) is 11.4 Å². The summed E-state index contributed by atoms with van der Waals surface area (Å²) in [5.74, 6) is 0.626.